The number of benzene rings is 1. The molecule has 3 N–H and O–H groups in total. The van der Waals surface area contributed by atoms with Crippen LogP contribution in [0.4, 0.5) is 0 Å². The van der Waals surface area contributed by atoms with E-state index >= 15 is 0 Å². The molecule has 0 spiro atoms. The van der Waals surface area contributed by atoms with E-state index in [1.807, 2.05) is 13.1 Å². The highest BCUT2D eigenvalue weighted by molar-refractivity contribution is 7.99. The molecule has 1 aromatic carbocycles. The summed E-state index contributed by atoms with van der Waals surface area (Å²) in [6.45, 7) is 2.02. The van der Waals surface area contributed by atoms with Crippen LogP contribution in [0.3, 0.4) is 0 Å². The summed E-state index contributed by atoms with van der Waals surface area (Å²) in [7, 11) is 0. The van der Waals surface area contributed by atoms with Crippen molar-refractivity contribution in [3.63, 3.8) is 0 Å². The summed E-state index contributed by atoms with van der Waals surface area (Å²) < 4.78 is 0. The van der Waals surface area contributed by atoms with Gasteiger partial charge in [-0.05, 0) is 31.0 Å². The van der Waals surface area contributed by atoms with E-state index in [0.29, 0.717) is 0 Å². The van der Waals surface area contributed by atoms with Crippen molar-refractivity contribution in [2.75, 3.05) is 0 Å². The number of aromatic amines is 1. The lowest BCUT2D eigenvalue weighted by Crippen LogP contribution is -2.17. The Bertz CT molecular complexity index is 420. The van der Waals surface area contributed by atoms with Crippen molar-refractivity contribution in [2.45, 2.75) is 29.4 Å². The van der Waals surface area contributed by atoms with Crippen LogP contribution in [0.2, 0.25) is 0 Å². The molecule has 0 amide bonds. The first-order valence-corrected chi connectivity index (χ1v) is 6.07. The summed E-state index contributed by atoms with van der Waals surface area (Å²) in [6.07, 6.45) is 4.51. The standard InChI is InChI=1S/C12H15N3S/c1-9(13)8-10-2-4-11(5-3-10)16-12-14-6-7-15-12/h2-7,9H,8,13H2,1H3,(H,14,15). The van der Waals surface area contributed by atoms with Crippen LogP contribution in [-0.4, -0.2) is 16.0 Å². The maximum absolute atomic E-state index is 5.75. The monoisotopic (exact) mass is 233 g/mol. The number of hydrogen-bond donors (Lipinski definition) is 2. The molecule has 0 aliphatic heterocycles. The molecule has 1 atom stereocenters. The zero-order valence-electron chi connectivity index (χ0n) is 9.18. The van der Waals surface area contributed by atoms with Gasteiger partial charge in [0.05, 0.1) is 0 Å². The summed E-state index contributed by atoms with van der Waals surface area (Å²) in [5.41, 5.74) is 7.03. The Kier molecular flexibility index (Phi) is 3.64. The fourth-order valence-corrected chi connectivity index (χ4v) is 2.22. The minimum Gasteiger partial charge on any atom is -0.339 e. The van der Waals surface area contributed by atoms with Crippen LogP contribution < -0.4 is 5.73 Å². The number of rotatable bonds is 4. The smallest absolute Gasteiger partial charge is 0.170 e. The van der Waals surface area contributed by atoms with E-state index in [-0.39, 0.29) is 6.04 Å². The second kappa shape index (κ2) is 5.18. The van der Waals surface area contributed by atoms with E-state index in [2.05, 4.69) is 34.2 Å². The lowest BCUT2D eigenvalue weighted by atomic mass is 10.1. The zero-order chi connectivity index (χ0) is 11.4. The maximum atomic E-state index is 5.75. The van der Waals surface area contributed by atoms with Gasteiger partial charge in [0.25, 0.3) is 0 Å². The Balaban J connectivity index is 2.02. The molecule has 1 heterocycles. The average molecular weight is 233 g/mol. The second-order valence-electron chi connectivity index (χ2n) is 3.82. The third-order valence-corrected chi connectivity index (χ3v) is 3.09. The zero-order valence-corrected chi connectivity index (χ0v) is 10.00. The maximum Gasteiger partial charge on any atom is 0.170 e. The molecule has 0 saturated carbocycles. The molecule has 0 radical (unpaired) electrons. The molecular formula is C12H15N3S. The topological polar surface area (TPSA) is 54.7 Å². The van der Waals surface area contributed by atoms with E-state index in [9.17, 15) is 0 Å². The van der Waals surface area contributed by atoms with Crippen molar-refractivity contribution in [2.24, 2.45) is 5.73 Å². The summed E-state index contributed by atoms with van der Waals surface area (Å²) in [6, 6.07) is 8.66. The Morgan fingerprint density at radius 2 is 2.12 bits per heavy atom. The SMILES string of the molecule is CC(N)Cc1ccc(Sc2ncc[nH]2)cc1. The van der Waals surface area contributed by atoms with Gasteiger partial charge in [-0.3, -0.25) is 0 Å². The molecule has 2 rings (SSSR count). The fourth-order valence-electron chi connectivity index (χ4n) is 1.48. The summed E-state index contributed by atoms with van der Waals surface area (Å²) in [5, 5.41) is 0.917. The molecule has 1 unspecified atom stereocenters. The second-order valence-corrected chi connectivity index (χ2v) is 4.88. The predicted octanol–water partition coefficient (Wildman–Crippen LogP) is 2.45. The minimum absolute atomic E-state index is 0.212. The number of hydrogen-bond acceptors (Lipinski definition) is 3. The van der Waals surface area contributed by atoms with Crippen molar-refractivity contribution >= 4 is 11.8 Å². The predicted molar refractivity (Wildman–Crippen MR) is 66.5 cm³/mol. The van der Waals surface area contributed by atoms with Crippen LogP contribution in [-0.2, 0) is 6.42 Å². The van der Waals surface area contributed by atoms with Crippen LogP contribution in [0.25, 0.3) is 0 Å². The van der Waals surface area contributed by atoms with Gasteiger partial charge >= 0.3 is 0 Å². The Morgan fingerprint density at radius 1 is 1.38 bits per heavy atom. The number of imidazole rings is 1. The molecule has 0 saturated heterocycles. The van der Waals surface area contributed by atoms with Gasteiger partial charge in [-0.25, -0.2) is 4.98 Å². The van der Waals surface area contributed by atoms with E-state index in [4.69, 9.17) is 5.73 Å². The van der Waals surface area contributed by atoms with Gasteiger partial charge < -0.3 is 10.7 Å². The minimum atomic E-state index is 0.212. The van der Waals surface area contributed by atoms with E-state index in [1.165, 1.54) is 10.5 Å². The molecule has 3 nitrogen and oxygen atoms in total. The van der Waals surface area contributed by atoms with Gasteiger partial charge in [0.1, 0.15) is 0 Å². The van der Waals surface area contributed by atoms with E-state index in [1.54, 1.807) is 18.0 Å². The summed E-state index contributed by atoms with van der Waals surface area (Å²) >= 11 is 1.62. The van der Waals surface area contributed by atoms with Gasteiger partial charge in [-0.15, -0.1) is 0 Å². The third-order valence-electron chi connectivity index (χ3n) is 2.17. The Labute approximate surface area is 99.5 Å². The van der Waals surface area contributed by atoms with Gasteiger partial charge in [0.15, 0.2) is 5.16 Å². The molecule has 0 bridgehead atoms. The van der Waals surface area contributed by atoms with E-state index < -0.39 is 0 Å². The van der Waals surface area contributed by atoms with Crippen LogP contribution >= 0.6 is 11.8 Å². The van der Waals surface area contributed by atoms with Crippen molar-refractivity contribution in [3.8, 4) is 0 Å². The molecule has 0 aliphatic rings. The first-order valence-electron chi connectivity index (χ1n) is 5.26. The highest BCUT2D eigenvalue weighted by atomic mass is 32.2. The Hall–Kier alpha value is -1.26. The van der Waals surface area contributed by atoms with Crippen LogP contribution in [0, 0.1) is 0 Å². The largest absolute Gasteiger partial charge is 0.339 e. The molecular weight excluding hydrogens is 218 g/mol. The van der Waals surface area contributed by atoms with E-state index in [0.717, 1.165) is 11.6 Å². The molecule has 0 aliphatic carbocycles. The normalized spacial score (nSPS) is 12.6. The molecule has 0 fully saturated rings. The summed E-state index contributed by atoms with van der Waals surface area (Å²) in [5.74, 6) is 0. The van der Waals surface area contributed by atoms with Crippen molar-refractivity contribution < 1.29 is 0 Å². The first kappa shape index (κ1) is 11.2. The van der Waals surface area contributed by atoms with Crippen LogP contribution in [0.15, 0.2) is 46.7 Å². The van der Waals surface area contributed by atoms with Crippen molar-refractivity contribution in [3.05, 3.63) is 42.2 Å². The number of nitrogens with zero attached hydrogens (tertiary/aromatic N) is 1. The molecule has 2 aromatic rings. The first-order chi connectivity index (χ1) is 7.74. The number of nitrogens with one attached hydrogen (secondary N) is 1. The van der Waals surface area contributed by atoms with Crippen molar-refractivity contribution in [1.29, 1.82) is 0 Å². The molecule has 16 heavy (non-hydrogen) atoms. The molecule has 4 heteroatoms. The summed E-state index contributed by atoms with van der Waals surface area (Å²) in [4.78, 5) is 8.42. The lowest BCUT2D eigenvalue weighted by molar-refractivity contribution is 0.737. The van der Waals surface area contributed by atoms with Gasteiger partial charge in [0.2, 0.25) is 0 Å². The van der Waals surface area contributed by atoms with Gasteiger partial charge in [-0.2, -0.15) is 0 Å². The average Bonchev–Trinajstić information content (AvgIpc) is 2.73. The van der Waals surface area contributed by atoms with Gasteiger partial charge in [0, 0.05) is 23.3 Å². The molecule has 1 aromatic heterocycles. The van der Waals surface area contributed by atoms with Crippen LogP contribution in [0.5, 0.6) is 0 Å². The number of nitrogens with two attached hydrogens (primary N) is 1. The quantitative estimate of drug-likeness (QED) is 0.853. The van der Waals surface area contributed by atoms with Crippen molar-refractivity contribution in [1.82, 2.24) is 9.97 Å². The number of aromatic nitrogens is 2. The highest BCUT2D eigenvalue weighted by Gasteiger charge is 2.01. The fraction of sp³-hybridized carbons (Fsp3) is 0.250. The number of H-pyrrole nitrogens is 1. The van der Waals surface area contributed by atoms with Crippen LogP contribution in [0.1, 0.15) is 12.5 Å². The molecule has 84 valence electrons. The van der Waals surface area contributed by atoms with Gasteiger partial charge in [-0.1, -0.05) is 23.9 Å². The Morgan fingerprint density at radius 3 is 2.69 bits per heavy atom. The lowest BCUT2D eigenvalue weighted by Gasteiger charge is -2.05. The third kappa shape index (κ3) is 3.12. The highest BCUT2D eigenvalue weighted by Crippen LogP contribution is 2.24.